The first kappa shape index (κ1) is 18.6. The first-order valence-electron chi connectivity index (χ1n) is 7.98. The zero-order valence-electron chi connectivity index (χ0n) is 14.4. The molecular formula is C17H13N5O6. The number of hydrogen-bond acceptors (Lipinski definition) is 7. The highest BCUT2D eigenvalue weighted by Gasteiger charge is 2.44. The summed E-state index contributed by atoms with van der Waals surface area (Å²) in [6, 6.07) is 5.20. The Kier molecular flexibility index (Phi) is 4.81. The molecular weight excluding hydrogens is 370 g/mol. The van der Waals surface area contributed by atoms with E-state index in [1.54, 1.807) is 0 Å². The molecule has 0 fully saturated rings. The van der Waals surface area contributed by atoms with Crippen molar-refractivity contribution in [1.82, 2.24) is 20.7 Å². The van der Waals surface area contributed by atoms with Crippen molar-refractivity contribution in [3.63, 3.8) is 0 Å². The molecule has 0 saturated heterocycles. The van der Waals surface area contributed by atoms with E-state index in [0.29, 0.717) is 4.90 Å². The number of nitrogens with one attached hydrogen (secondary N) is 2. The van der Waals surface area contributed by atoms with Crippen molar-refractivity contribution in [3.05, 3.63) is 69.5 Å². The number of carbonyl (C=O) groups excluding carboxylic acids is 4. The topological polar surface area (TPSA) is 152 Å². The van der Waals surface area contributed by atoms with E-state index >= 15 is 0 Å². The number of rotatable bonds is 4. The van der Waals surface area contributed by atoms with E-state index in [1.807, 2.05) is 0 Å². The Hall–Kier alpha value is -4.15. The fourth-order valence-electron chi connectivity index (χ4n) is 2.70. The van der Waals surface area contributed by atoms with Crippen molar-refractivity contribution in [1.29, 1.82) is 0 Å². The normalized spacial score (nSPS) is 13.7. The minimum absolute atomic E-state index is 0.153. The molecule has 0 spiro atoms. The predicted molar refractivity (Wildman–Crippen MR) is 92.9 cm³/mol. The van der Waals surface area contributed by atoms with E-state index in [2.05, 4.69) is 15.8 Å². The van der Waals surface area contributed by atoms with E-state index in [9.17, 15) is 29.3 Å². The molecule has 3 rings (SSSR count). The summed E-state index contributed by atoms with van der Waals surface area (Å²) >= 11 is 0. The smallest absolute Gasteiger partial charge is 0.271 e. The van der Waals surface area contributed by atoms with Gasteiger partial charge in [0.1, 0.15) is 11.6 Å². The second-order valence-electron chi connectivity index (χ2n) is 5.79. The molecule has 2 aromatic rings. The number of carbonyl (C=O) groups is 4. The predicted octanol–water partition coefficient (Wildman–Crippen LogP) is 0.435. The van der Waals surface area contributed by atoms with Crippen molar-refractivity contribution in [2.24, 2.45) is 0 Å². The number of aromatic nitrogens is 1. The number of benzene rings is 1. The van der Waals surface area contributed by atoms with Gasteiger partial charge in [-0.25, -0.2) is 0 Å². The highest BCUT2D eigenvalue weighted by Crippen LogP contribution is 2.31. The second-order valence-corrected chi connectivity index (χ2v) is 5.79. The maximum Gasteiger partial charge on any atom is 0.282 e. The minimum Gasteiger partial charge on any atom is -0.271 e. The molecule has 0 radical (unpaired) electrons. The monoisotopic (exact) mass is 383 g/mol. The highest BCUT2D eigenvalue weighted by atomic mass is 16.6. The summed E-state index contributed by atoms with van der Waals surface area (Å²) in [4.78, 5) is 64.0. The first-order valence-corrected chi connectivity index (χ1v) is 7.98. The van der Waals surface area contributed by atoms with E-state index in [-0.39, 0.29) is 16.7 Å². The summed E-state index contributed by atoms with van der Waals surface area (Å²) in [5.74, 6) is -3.25. The van der Waals surface area contributed by atoms with Gasteiger partial charge < -0.3 is 0 Å². The van der Waals surface area contributed by atoms with Crippen LogP contribution in [0.1, 0.15) is 38.0 Å². The molecule has 1 aromatic heterocycles. The van der Waals surface area contributed by atoms with Gasteiger partial charge in [-0.15, -0.1) is 0 Å². The van der Waals surface area contributed by atoms with Crippen LogP contribution in [0.15, 0.2) is 42.7 Å². The first-order chi connectivity index (χ1) is 13.3. The van der Waals surface area contributed by atoms with Crippen molar-refractivity contribution in [2.45, 2.75) is 13.0 Å². The van der Waals surface area contributed by atoms with Crippen molar-refractivity contribution < 1.29 is 24.1 Å². The molecule has 1 atom stereocenters. The summed E-state index contributed by atoms with van der Waals surface area (Å²) in [7, 11) is 0. The molecule has 0 aliphatic carbocycles. The number of nitro benzene ring substituents is 1. The Bertz CT molecular complexity index is 1010. The third kappa shape index (κ3) is 3.16. The van der Waals surface area contributed by atoms with Crippen molar-refractivity contribution in [2.75, 3.05) is 0 Å². The molecule has 0 saturated carbocycles. The summed E-state index contributed by atoms with van der Waals surface area (Å²) in [5.41, 5.74) is 3.49. The van der Waals surface area contributed by atoms with Crippen LogP contribution >= 0.6 is 0 Å². The summed E-state index contributed by atoms with van der Waals surface area (Å²) in [6.45, 7) is 1.27. The van der Waals surface area contributed by atoms with Gasteiger partial charge in [0.25, 0.3) is 29.3 Å². The summed E-state index contributed by atoms with van der Waals surface area (Å²) in [5, 5.41) is 11.1. The van der Waals surface area contributed by atoms with Crippen LogP contribution in [0.4, 0.5) is 5.69 Å². The van der Waals surface area contributed by atoms with Gasteiger partial charge in [-0.05, 0) is 25.1 Å². The van der Waals surface area contributed by atoms with Gasteiger partial charge in [-0.2, -0.15) is 0 Å². The molecule has 142 valence electrons. The Labute approximate surface area is 157 Å². The van der Waals surface area contributed by atoms with E-state index in [1.165, 1.54) is 43.6 Å². The maximum absolute atomic E-state index is 12.6. The molecule has 28 heavy (non-hydrogen) atoms. The standard InChI is InChI=1S/C17H13N5O6/c1-9(14(23)19-20-15(24)10-5-7-18-8-6-10)21-16(25)11-3-2-4-12(22(27)28)13(11)17(21)26/h2-9H,1H3,(H,19,23)(H,20,24)/t9-/m0/s1. The van der Waals surface area contributed by atoms with Gasteiger partial charge in [0.05, 0.1) is 10.5 Å². The zero-order valence-corrected chi connectivity index (χ0v) is 14.4. The van der Waals surface area contributed by atoms with Crippen LogP contribution in [0.25, 0.3) is 0 Å². The lowest BCUT2D eigenvalue weighted by Gasteiger charge is -2.21. The van der Waals surface area contributed by atoms with Crippen LogP contribution < -0.4 is 10.9 Å². The average molecular weight is 383 g/mol. The summed E-state index contributed by atoms with van der Waals surface area (Å²) in [6.07, 6.45) is 2.79. The van der Waals surface area contributed by atoms with E-state index in [0.717, 1.165) is 6.07 Å². The minimum atomic E-state index is -1.32. The van der Waals surface area contributed by atoms with Gasteiger partial charge in [-0.3, -0.25) is 50.0 Å². The van der Waals surface area contributed by atoms with Gasteiger partial charge in [0.15, 0.2) is 0 Å². The molecule has 2 N–H and O–H groups in total. The Morgan fingerprint density at radius 1 is 1.11 bits per heavy atom. The molecule has 1 aliphatic rings. The number of fused-ring (bicyclic) bond motifs is 1. The van der Waals surface area contributed by atoms with Gasteiger partial charge in [0.2, 0.25) is 0 Å². The quantitative estimate of drug-likeness (QED) is 0.441. The Balaban J connectivity index is 1.75. The Morgan fingerprint density at radius 3 is 2.43 bits per heavy atom. The fourth-order valence-corrected chi connectivity index (χ4v) is 2.70. The molecule has 1 aliphatic heterocycles. The second kappa shape index (κ2) is 7.23. The van der Waals surface area contributed by atoms with Gasteiger partial charge in [0, 0.05) is 24.0 Å². The third-order valence-electron chi connectivity index (χ3n) is 4.13. The molecule has 11 nitrogen and oxygen atoms in total. The van der Waals surface area contributed by atoms with Crippen LogP contribution in [0.5, 0.6) is 0 Å². The van der Waals surface area contributed by atoms with Crippen LogP contribution in [-0.2, 0) is 4.79 Å². The molecule has 11 heteroatoms. The lowest BCUT2D eigenvalue weighted by Crippen LogP contribution is -2.52. The van der Waals surface area contributed by atoms with Crippen molar-refractivity contribution in [3.8, 4) is 0 Å². The highest BCUT2D eigenvalue weighted by molar-refractivity contribution is 6.24. The number of nitro groups is 1. The number of hydrogen-bond donors (Lipinski definition) is 2. The SMILES string of the molecule is C[C@@H](C(=O)NNC(=O)c1ccncc1)N1C(=O)c2cccc([N+](=O)[O-])c2C1=O. The third-order valence-corrected chi connectivity index (χ3v) is 4.13. The molecule has 4 amide bonds. The van der Waals surface area contributed by atoms with Crippen LogP contribution in [0.3, 0.4) is 0 Å². The number of imide groups is 1. The lowest BCUT2D eigenvalue weighted by molar-refractivity contribution is -0.385. The van der Waals surface area contributed by atoms with Gasteiger partial charge >= 0.3 is 0 Å². The van der Waals surface area contributed by atoms with E-state index in [4.69, 9.17) is 0 Å². The largest absolute Gasteiger partial charge is 0.282 e. The van der Waals surface area contributed by atoms with Crippen LogP contribution in [0, 0.1) is 10.1 Å². The molecule has 1 aromatic carbocycles. The zero-order chi connectivity index (χ0) is 20.4. The lowest BCUT2D eigenvalue weighted by atomic mass is 10.1. The fraction of sp³-hybridized carbons (Fsp3) is 0.118. The number of nitrogens with zero attached hydrogens (tertiary/aromatic N) is 3. The van der Waals surface area contributed by atoms with Crippen LogP contribution in [-0.4, -0.2) is 44.5 Å². The number of hydrazine groups is 1. The van der Waals surface area contributed by atoms with Crippen LogP contribution in [0.2, 0.25) is 0 Å². The van der Waals surface area contributed by atoms with Gasteiger partial charge in [-0.1, -0.05) is 6.07 Å². The van der Waals surface area contributed by atoms with Crippen molar-refractivity contribution >= 4 is 29.3 Å². The number of amides is 4. The molecule has 0 unspecified atom stereocenters. The van der Waals surface area contributed by atoms with E-state index < -0.39 is 40.3 Å². The number of pyridine rings is 1. The summed E-state index contributed by atoms with van der Waals surface area (Å²) < 4.78 is 0. The molecule has 0 bridgehead atoms. The Morgan fingerprint density at radius 2 is 1.79 bits per heavy atom. The maximum atomic E-state index is 12.6. The molecule has 2 heterocycles. The average Bonchev–Trinajstić information content (AvgIpc) is 2.96.